The van der Waals surface area contributed by atoms with Crippen molar-refractivity contribution in [1.29, 1.82) is 0 Å². The standard InChI is InChI=1S/C27H32N2O4S/c1-18-14-21(19(2)29(18)16-20-8-7-13-32-20)23(30)17-33-26(31)27(11-5-6-12-27)15-25-28-22-9-3-4-10-24(22)34-25/h3-4,9-10,14,20H,5-8,11-13,15-17H2,1-2H3. The van der Waals surface area contributed by atoms with Gasteiger partial charge >= 0.3 is 5.97 Å². The third-order valence-corrected chi connectivity index (χ3v) is 8.48. The van der Waals surface area contributed by atoms with Gasteiger partial charge in [-0.3, -0.25) is 9.59 Å². The summed E-state index contributed by atoms with van der Waals surface area (Å²) in [5.74, 6) is -0.404. The Morgan fingerprint density at radius 1 is 1.21 bits per heavy atom. The van der Waals surface area contributed by atoms with Crippen LogP contribution in [0.15, 0.2) is 30.3 Å². The van der Waals surface area contributed by atoms with E-state index in [1.807, 2.05) is 38.1 Å². The number of esters is 1. The number of Topliss-reactive ketones (excluding diaryl/α,β-unsaturated/α-hetero) is 1. The number of rotatable bonds is 8. The number of nitrogens with zero attached hydrogens (tertiary/aromatic N) is 2. The van der Waals surface area contributed by atoms with Crippen LogP contribution in [-0.4, -0.2) is 40.6 Å². The van der Waals surface area contributed by atoms with E-state index >= 15 is 0 Å². The predicted molar refractivity (Wildman–Crippen MR) is 132 cm³/mol. The van der Waals surface area contributed by atoms with Gasteiger partial charge in [0.15, 0.2) is 6.61 Å². The van der Waals surface area contributed by atoms with Gasteiger partial charge in [-0.1, -0.05) is 25.0 Å². The molecule has 3 heterocycles. The van der Waals surface area contributed by atoms with E-state index in [9.17, 15) is 9.59 Å². The van der Waals surface area contributed by atoms with Gasteiger partial charge in [0.1, 0.15) is 0 Å². The van der Waals surface area contributed by atoms with Crippen molar-refractivity contribution in [3.05, 3.63) is 52.3 Å². The molecule has 0 radical (unpaired) electrons. The summed E-state index contributed by atoms with van der Waals surface area (Å²) in [6.45, 7) is 5.32. The first kappa shape index (κ1) is 23.2. The second kappa shape index (κ2) is 9.62. The number of ether oxygens (including phenoxy) is 2. The average Bonchev–Trinajstić information content (AvgIpc) is 3.62. The van der Waals surface area contributed by atoms with Crippen molar-refractivity contribution in [3.63, 3.8) is 0 Å². The molecule has 1 atom stereocenters. The van der Waals surface area contributed by atoms with Crippen LogP contribution in [0, 0.1) is 19.3 Å². The minimum absolute atomic E-state index is 0.145. The number of carbonyl (C=O) groups is 2. The van der Waals surface area contributed by atoms with E-state index in [-0.39, 0.29) is 24.5 Å². The van der Waals surface area contributed by atoms with Gasteiger partial charge in [0.05, 0.1) is 26.7 Å². The van der Waals surface area contributed by atoms with Crippen LogP contribution in [0.4, 0.5) is 0 Å². The summed E-state index contributed by atoms with van der Waals surface area (Å²) in [7, 11) is 0. The molecule has 2 aromatic heterocycles. The van der Waals surface area contributed by atoms with Gasteiger partial charge in [-0.05, 0) is 57.7 Å². The molecule has 1 saturated carbocycles. The lowest BCUT2D eigenvalue weighted by atomic mass is 9.83. The zero-order valence-electron chi connectivity index (χ0n) is 20.0. The molecule has 5 rings (SSSR count). The van der Waals surface area contributed by atoms with E-state index in [1.165, 1.54) is 0 Å². The van der Waals surface area contributed by atoms with Crippen LogP contribution in [-0.2, 0) is 27.2 Å². The second-order valence-corrected chi connectivity index (χ2v) is 10.9. The summed E-state index contributed by atoms with van der Waals surface area (Å²) in [6, 6.07) is 9.96. The van der Waals surface area contributed by atoms with E-state index in [4.69, 9.17) is 14.5 Å². The molecule has 1 aliphatic heterocycles. The van der Waals surface area contributed by atoms with Gasteiger partial charge in [0, 0.05) is 36.5 Å². The Morgan fingerprint density at radius 2 is 2.00 bits per heavy atom. The molecule has 3 aromatic rings. The zero-order chi connectivity index (χ0) is 23.7. The molecule has 7 heteroatoms. The molecule has 0 amide bonds. The van der Waals surface area contributed by atoms with Gasteiger partial charge < -0.3 is 14.0 Å². The topological polar surface area (TPSA) is 70.4 Å². The quantitative estimate of drug-likeness (QED) is 0.318. The summed E-state index contributed by atoms with van der Waals surface area (Å²) >= 11 is 1.64. The lowest BCUT2D eigenvalue weighted by Crippen LogP contribution is -2.33. The first-order valence-corrected chi connectivity index (χ1v) is 13.1. The number of ketones is 1. The van der Waals surface area contributed by atoms with E-state index in [2.05, 4.69) is 10.6 Å². The average molecular weight is 481 g/mol. The van der Waals surface area contributed by atoms with Crippen molar-refractivity contribution in [2.75, 3.05) is 13.2 Å². The first-order chi connectivity index (χ1) is 16.4. The number of hydrogen-bond acceptors (Lipinski definition) is 6. The van der Waals surface area contributed by atoms with Gasteiger partial charge in [-0.15, -0.1) is 11.3 Å². The molecule has 0 bridgehead atoms. The molecule has 1 aliphatic carbocycles. The van der Waals surface area contributed by atoms with E-state index in [0.717, 1.165) is 78.3 Å². The van der Waals surface area contributed by atoms with E-state index < -0.39 is 5.41 Å². The van der Waals surface area contributed by atoms with Gasteiger partial charge in [-0.25, -0.2) is 4.98 Å². The minimum Gasteiger partial charge on any atom is -0.457 e. The maximum Gasteiger partial charge on any atom is 0.312 e. The first-order valence-electron chi connectivity index (χ1n) is 12.3. The largest absolute Gasteiger partial charge is 0.457 e. The zero-order valence-corrected chi connectivity index (χ0v) is 20.8. The fraction of sp³-hybridized carbons (Fsp3) is 0.519. The third kappa shape index (κ3) is 4.56. The SMILES string of the molecule is Cc1cc(C(=O)COC(=O)C2(Cc3nc4ccccc4s3)CCCC2)c(C)n1CC1CCCO1. The molecular weight excluding hydrogens is 448 g/mol. The molecular formula is C27H32N2O4S. The van der Waals surface area contributed by atoms with E-state index in [1.54, 1.807) is 11.3 Å². The normalized spacial score (nSPS) is 19.6. The van der Waals surface area contributed by atoms with Crippen LogP contribution in [0.2, 0.25) is 0 Å². The molecule has 1 unspecified atom stereocenters. The molecule has 180 valence electrons. The minimum atomic E-state index is -0.579. The summed E-state index contributed by atoms with van der Waals surface area (Å²) in [6.07, 6.45) is 6.48. The summed E-state index contributed by atoms with van der Waals surface area (Å²) in [4.78, 5) is 31.1. The highest BCUT2D eigenvalue weighted by molar-refractivity contribution is 7.18. The van der Waals surface area contributed by atoms with Gasteiger partial charge in [-0.2, -0.15) is 0 Å². The summed E-state index contributed by atoms with van der Waals surface area (Å²) in [5, 5.41) is 0.962. The highest BCUT2D eigenvalue weighted by Crippen LogP contribution is 2.43. The number of thiazole rings is 1. The van der Waals surface area contributed by atoms with Gasteiger partial charge in [0.25, 0.3) is 0 Å². The number of aryl methyl sites for hydroxylation is 1. The lowest BCUT2D eigenvalue weighted by molar-refractivity contribution is -0.154. The Bertz CT molecular complexity index is 1170. The van der Waals surface area contributed by atoms with Crippen molar-refractivity contribution in [3.8, 4) is 0 Å². The molecule has 6 nitrogen and oxygen atoms in total. The van der Waals surface area contributed by atoms with Crippen molar-refractivity contribution in [2.24, 2.45) is 5.41 Å². The van der Waals surface area contributed by atoms with Crippen molar-refractivity contribution in [1.82, 2.24) is 9.55 Å². The molecule has 0 N–H and O–H groups in total. The Labute approximate surface area is 204 Å². The van der Waals surface area contributed by atoms with Crippen LogP contribution >= 0.6 is 11.3 Å². The smallest absolute Gasteiger partial charge is 0.312 e. The maximum atomic E-state index is 13.3. The van der Waals surface area contributed by atoms with Crippen LogP contribution in [0.25, 0.3) is 10.2 Å². The Kier molecular flexibility index (Phi) is 6.58. The third-order valence-electron chi connectivity index (χ3n) is 7.44. The molecule has 0 spiro atoms. The number of hydrogen-bond donors (Lipinski definition) is 0. The Balaban J connectivity index is 1.26. The Morgan fingerprint density at radius 3 is 2.74 bits per heavy atom. The highest BCUT2D eigenvalue weighted by Gasteiger charge is 2.43. The van der Waals surface area contributed by atoms with Crippen molar-refractivity contribution in [2.45, 2.75) is 71.4 Å². The van der Waals surface area contributed by atoms with Crippen LogP contribution in [0.1, 0.15) is 65.3 Å². The Hall–Kier alpha value is -2.51. The fourth-order valence-corrected chi connectivity index (χ4v) is 6.62. The van der Waals surface area contributed by atoms with Crippen molar-refractivity contribution < 1.29 is 19.1 Å². The molecule has 2 aliphatic rings. The number of para-hydroxylation sites is 1. The van der Waals surface area contributed by atoms with Crippen molar-refractivity contribution >= 4 is 33.3 Å². The highest BCUT2D eigenvalue weighted by atomic mass is 32.1. The molecule has 1 aromatic carbocycles. The lowest BCUT2D eigenvalue weighted by Gasteiger charge is -2.25. The van der Waals surface area contributed by atoms with Crippen LogP contribution in [0.3, 0.4) is 0 Å². The molecule has 34 heavy (non-hydrogen) atoms. The van der Waals surface area contributed by atoms with Crippen LogP contribution < -0.4 is 0 Å². The summed E-state index contributed by atoms with van der Waals surface area (Å²) in [5.41, 5.74) is 2.97. The maximum absolute atomic E-state index is 13.3. The number of fused-ring (bicyclic) bond motifs is 1. The fourth-order valence-electron chi connectivity index (χ4n) is 5.51. The molecule has 2 fully saturated rings. The predicted octanol–water partition coefficient (Wildman–Crippen LogP) is 5.42. The number of carbonyl (C=O) groups excluding carboxylic acids is 2. The monoisotopic (exact) mass is 480 g/mol. The molecule has 1 saturated heterocycles. The van der Waals surface area contributed by atoms with Gasteiger partial charge in [0.2, 0.25) is 5.78 Å². The summed E-state index contributed by atoms with van der Waals surface area (Å²) < 4.78 is 14.7. The number of benzene rings is 1. The van der Waals surface area contributed by atoms with Crippen LogP contribution in [0.5, 0.6) is 0 Å². The number of aromatic nitrogens is 2. The second-order valence-electron chi connectivity index (χ2n) is 9.77. The van der Waals surface area contributed by atoms with E-state index in [0.29, 0.717) is 12.0 Å².